The Bertz CT molecular complexity index is 759. The standard InChI is InChI=1S/C16H16FN3O3/c1-9-7-13(23-19-9)10-8-20(2)16(22)14(10)15(21)18-12-6-4-3-5-11(12)17/h3-7,10,14H,8H2,1-2H3,(H,18,21)/t10-,14+/m1/s1. The maximum absolute atomic E-state index is 13.7. The van der Waals surface area contributed by atoms with Gasteiger partial charge in [0.25, 0.3) is 0 Å². The number of hydrogen-bond acceptors (Lipinski definition) is 4. The van der Waals surface area contributed by atoms with E-state index in [0.717, 1.165) is 0 Å². The van der Waals surface area contributed by atoms with Crippen molar-refractivity contribution in [2.75, 3.05) is 18.9 Å². The molecule has 3 rings (SSSR count). The minimum Gasteiger partial charge on any atom is -0.361 e. The van der Waals surface area contributed by atoms with Crippen molar-refractivity contribution in [3.05, 3.63) is 47.6 Å². The molecule has 0 bridgehead atoms. The summed E-state index contributed by atoms with van der Waals surface area (Å²) in [6, 6.07) is 7.54. The second-order valence-corrected chi connectivity index (χ2v) is 5.64. The van der Waals surface area contributed by atoms with Crippen LogP contribution in [0.5, 0.6) is 0 Å². The average molecular weight is 317 g/mol. The van der Waals surface area contributed by atoms with E-state index in [-0.39, 0.29) is 11.6 Å². The van der Waals surface area contributed by atoms with Crippen molar-refractivity contribution >= 4 is 17.5 Å². The summed E-state index contributed by atoms with van der Waals surface area (Å²) in [4.78, 5) is 26.3. The lowest BCUT2D eigenvalue weighted by molar-refractivity contribution is -0.135. The van der Waals surface area contributed by atoms with Crippen LogP contribution >= 0.6 is 0 Å². The van der Waals surface area contributed by atoms with Gasteiger partial charge in [0.2, 0.25) is 11.8 Å². The number of aromatic nitrogens is 1. The number of likely N-dealkylation sites (tertiary alicyclic amines) is 1. The van der Waals surface area contributed by atoms with Gasteiger partial charge in [-0.1, -0.05) is 17.3 Å². The maximum atomic E-state index is 13.7. The summed E-state index contributed by atoms with van der Waals surface area (Å²) in [5.74, 6) is -2.35. The Balaban J connectivity index is 1.87. The van der Waals surface area contributed by atoms with Gasteiger partial charge < -0.3 is 14.7 Å². The SMILES string of the molecule is Cc1cc([C@H]2CN(C)C(=O)[C@@H]2C(=O)Nc2ccccc2F)on1. The van der Waals surface area contributed by atoms with Crippen LogP contribution in [0.15, 0.2) is 34.9 Å². The van der Waals surface area contributed by atoms with Crippen molar-refractivity contribution < 1.29 is 18.5 Å². The lowest BCUT2D eigenvalue weighted by Gasteiger charge is -2.14. The molecule has 2 atom stereocenters. The second kappa shape index (κ2) is 5.83. The Hall–Kier alpha value is -2.70. The van der Waals surface area contributed by atoms with Gasteiger partial charge in [0.05, 0.1) is 17.3 Å². The third kappa shape index (κ3) is 2.81. The van der Waals surface area contributed by atoms with Gasteiger partial charge in [-0.3, -0.25) is 9.59 Å². The topological polar surface area (TPSA) is 75.4 Å². The molecule has 1 N–H and O–H groups in total. The molecule has 120 valence electrons. The molecule has 0 radical (unpaired) electrons. The molecule has 1 aliphatic heterocycles. The van der Waals surface area contributed by atoms with Crippen LogP contribution in [0, 0.1) is 18.7 Å². The molecule has 1 aromatic carbocycles. The van der Waals surface area contributed by atoms with Crippen LogP contribution in [-0.2, 0) is 9.59 Å². The van der Waals surface area contributed by atoms with Crippen molar-refractivity contribution in [1.82, 2.24) is 10.1 Å². The Morgan fingerprint density at radius 3 is 2.83 bits per heavy atom. The maximum Gasteiger partial charge on any atom is 0.237 e. The van der Waals surface area contributed by atoms with E-state index in [0.29, 0.717) is 18.0 Å². The third-order valence-electron chi connectivity index (χ3n) is 3.94. The zero-order valence-electron chi connectivity index (χ0n) is 12.7. The number of carbonyl (C=O) groups excluding carboxylic acids is 2. The minimum atomic E-state index is -0.966. The van der Waals surface area contributed by atoms with Crippen LogP contribution in [0.3, 0.4) is 0 Å². The number of benzene rings is 1. The number of aryl methyl sites for hydroxylation is 1. The molecule has 1 aromatic heterocycles. The van der Waals surface area contributed by atoms with Crippen LogP contribution in [0.4, 0.5) is 10.1 Å². The fourth-order valence-corrected chi connectivity index (χ4v) is 2.78. The van der Waals surface area contributed by atoms with Crippen molar-refractivity contribution in [2.24, 2.45) is 5.92 Å². The monoisotopic (exact) mass is 317 g/mol. The van der Waals surface area contributed by atoms with E-state index in [2.05, 4.69) is 10.5 Å². The molecule has 0 aliphatic carbocycles. The summed E-state index contributed by atoms with van der Waals surface area (Å²) in [7, 11) is 1.62. The third-order valence-corrected chi connectivity index (χ3v) is 3.94. The fourth-order valence-electron chi connectivity index (χ4n) is 2.78. The lowest BCUT2D eigenvalue weighted by atomic mass is 9.92. The normalized spacial score (nSPS) is 20.8. The quantitative estimate of drug-likeness (QED) is 0.878. The number of halogens is 1. The number of hydrogen-bond donors (Lipinski definition) is 1. The van der Waals surface area contributed by atoms with E-state index in [1.54, 1.807) is 26.1 Å². The molecule has 1 fully saturated rings. The molecule has 2 aromatic rings. The molecule has 7 heteroatoms. The Labute approximate surface area is 132 Å². The molecule has 2 amide bonds. The van der Waals surface area contributed by atoms with Crippen LogP contribution < -0.4 is 5.32 Å². The zero-order valence-corrected chi connectivity index (χ0v) is 12.7. The number of para-hydroxylation sites is 1. The molecule has 1 saturated heterocycles. The molecular weight excluding hydrogens is 301 g/mol. The molecule has 0 spiro atoms. The number of rotatable bonds is 3. The number of amides is 2. The Kier molecular flexibility index (Phi) is 3.85. The summed E-state index contributed by atoms with van der Waals surface area (Å²) < 4.78 is 18.9. The van der Waals surface area contributed by atoms with Gasteiger partial charge in [-0.2, -0.15) is 0 Å². The highest BCUT2D eigenvalue weighted by Crippen LogP contribution is 2.34. The van der Waals surface area contributed by atoms with E-state index < -0.39 is 23.6 Å². The summed E-state index contributed by atoms with van der Waals surface area (Å²) in [6.07, 6.45) is 0. The molecular formula is C16H16FN3O3. The molecule has 23 heavy (non-hydrogen) atoms. The van der Waals surface area contributed by atoms with Crippen molar-refractivity contribution in [3.8, 4) is 0 Å². The number of nitrogens with zero attached hydrogens (tertiary/aromatic N) is 2. The average Bonchev–Trinajstić information content (AvgIpc) is 3.06. The Morgan fingerprint density at radius 1 is 1.43 bits per heavy atom. The molecule has 1 aliphatic rings. The van der Waals surface area contributed by atoms with Gasteiger partial charge in [0.15, 0.2) is 0 Å². The van der Waals surface area contributed by atoms with Gasteiger partial charge >= 0.3 is 0 Å². The summed E-state index contributed by atoms with van der Waals surface area (Å²) in [5, 5.41) is 6.29. The smallest absolute Gasteiger partial charge is 0.237 e. The number of anilines is 1. The van der Waals surface area contributed by atoms with E-state index in [1.807, 2.05) is 0 Å². The van der Waals surface area contributed by atoms with Crippen molar-refractivity contribution in [1.29, 1.82) is 0 Å². The summed E-state index contributed by atoms with van der Waals surface area (Å²) >= 11 is 0. The van der Waals surface area contributed by atoms with Crippen molar-refractivity contribution in [3.63, 3.8) is 0 Å². The largest absolute Gasteiger partial charge is 0.361 e. The first kappa shape index (κ1) is 15.2. The summed E-state index contributed by atoms with van der Waals surface area (Å²) in [6.45, 7) is 2.12. The van der Waals surface area contributed by atoms with Crippen LogP contribution in [0.1, 0.15) is 17.4 Å². The van der Waals surface area contributed by atoms with Crippen LogP contribution in [0.2, 0.25) is 0 Å². The van der Waals surface area contributed by atoms with Gasteiger partial charge in [0, 0.05) is 19.7 Å². The number of carbonyl (C=O) groups is 2. The van der Waals surface area contributed by atoms with E-state index in [1.165, 1.54) is 23.1 Å². The zero-order chi connectivity index (χ0) is 16.6. The van der Waals surface area contributed by atoms with Crippen LogP contribution in [-0.4, -0.2) is 35.5 Å². The first-order chi connectivity index (χ1) is 11.0. The first-order valence-corrected chi connectivity index (χ1v) is 7.21. The summed E-state index contributed by atoms with van der Waals surface area (Å²) in [5.41, 5.74) is 0.725. The second-order valence-electron chi connectivity index (χ2n) is 5.64. The lowest BCUT2D eigenvalue weighted by Crippen LogP contribution is -2.32. The Morgan fingerprint density at radius 2 is 2.17 bits per heavy atom. The van der Waals surface area contributed by atoms with Gasteiger partial charge in [-0.25, -0.2) is 4.39 Å². The predicted molar refractivity (Wildman–Crippen MR) is 80.1 cm³/mol. The fraction of sp³-hybridized carbons (Fsp3) is 0.312. The van der Waals surface area contributed by atoms with Crippen molar-refractivity contribution in [2.45, 2.75) is 12.8 Å². The van der Waals surface area contributed by atoms with Gasteiger partial charge in [-0.15, -0.1) is 0 Å². The molecule has 0 unspecified atom stereocenters. The molecule has 0 saturated carbocycles. The highest BCUT2D eigenvalue weighted by Gasteiger charge is 2.46. The highest BCUT2D eigenvalue weighted by molar-refractivity contribution is 6.08. The number of likely N-dealkylation sites (N-methyl/N-ethyl adjacent to an activating group) is 1. The van der Waals surface area contributed by atoms with E-state index >= 15 is 0 Å². The van der Waals surface area contributed by atoms with E-state index in [4.69, 9.17) is 4.52 Å². The van der Waals surface area contributed by atoms with Crippen LogP contribution in [0.25, 0.3) is 0 Å². The molecule has 6 nitrogen and oxygen atoms in total. The van der Waals surface area contributed by atoms with E-state index in [9.17, 15) is 14.0 Å². The van der Waals surface area contributed by atoms with Gasteiger partial charge in [-0.05, 0) is 19.1 Å². The van der Waals surface area contributed by atoms with Gasteiger partial charge in [0.1, 0.15) is 17.5 Å². The first-order valence-electron chi connectivity index (χ1n) is 7.21. The minimum absolute atomic E-state index is 0.0485. The predicted octanol–water partition coefficient (Wildman–Crippen LogP) is 1.93. The highest BCUT2D eigenvalue weighted by atomic mass is 19.1. The number of nitrogens with one attached hydrogen (secondary N) is 1. The molecule has 2 heterocycles.